The monoisotopic (exact) mass is 880 g/mol. The molecule has 0 spiro atoms. The quantitative estimate of drug-likeness (QED) is 0.0918. The van der Waals surface area contributed by atoms with E-state index in [9.17, 15) is 35.9 Å². The van der Waals surface area contributed by atoms with Crippen LogP contribution in [-0.4, -0.2) is 69.9 Å². The third kappa shape index (κ3) is 9.99. The number of aryl methyl sites for hydroxylation is 1. The first-order valence-corrected chi connectivity index (χ1v) is 20.8. The van der Waals surface area contributed by atoms with Gasteiger partial charge in [0.05, 0.1) is 39.6 Å². The van der Waals surface area contributed by atoms with Gasteiger partial charge in [-0.1, -0.05) is 37.4 Å². The number of hydrogen-bond acceptors (Lipinski definition) is 8. The maximum absolute atomic E-state index is 15.0. The number of carbonyl (C=O) groups is 1. The van der Waals surface area contributed by atoms with E-state index in [1.165, 1.54) is 31.6 Å². The highest BCUT2D eigenvalue weighted by Crippen LogP contribution is 2.45. The Kier molecular flexibility index (Phi) is 13.2. The Hall–Kier alpha value is -5.32. The van der Waals surface area contributed by atoms with Gasteiger partial charge in [0.25, 0.3) is 12.3 Å². The summed E-state index contributed by atoms with van der Waals surface area (Å²) in [7, 11) is 1.05. The van der Waals surface area contributed by atoms with E-state index in [1.807, 2.05) is 13.8 Å². The number of pyridine rings is 1. The summed E-state index contributed by atoms with van der Waals surface area (Å²) < 4.78 is 116. The molecule has 1 aliphatic carbocycles. The first-order chi connectivity index (χ1) is 27.9. The van der Waals surface area contributed by atoms with Crippen LogP contribution in [0, 0.1) is 23.5 Å². The van der Waals surface area contributed by atoms with Crippen LogP contribution in [0.25, 0.3) is 22.0 Å². The van der Waals surface area contributed by atoms with Crippen molar-refractivity contribution in [1.82, 2.24) is 29.9 Å². The van der Waals surface area contributed by atoms with Gasteiger partial charge >= 0.3 is 0 Å². The predicted molar refractivity (Wildman–Crippen MR) is 217 cm³/mol. The third-order valence-electron chi connectivity index (χ3n) is 9.15. The first-order valence-electron chi connectivity index (χ1n) is 18.5. The zero-order valence-corrected chi connectivity index (χ0v) is 35.4. The fraction of sp³-hybridized carbons (Fsp3) is 0.400. The van der Waals surface area contributed by atoms with Gasteiger partial charge in [-0.3, -0.25) is 18.9 Å². The van der Waals surface area contributed by atoms with E-state index in [4.69, 9.17) is 16.6 Å². The molecule has 0 aliphatic heterocycles. The minimum atomic E-state index is -3.85. The summed E-state index contributed by atoms with van der Waals surface area (Å²) in [5.74, 6) is -0.979. The summed E-state index contributed by atoms with van der Waals surface area (Å²) >= 11 is 6.63. The minimum absolute atomic E-state index is 0.00963. The van der Waals surface area contributed by atoms with Crippen LogP contribution < -0.4 is 14.9 Å². The van der Waals surface area contributed by atoms with Crippen molar-refractivity contribution in [1.29, 1.82) is 0 Å². The summed E-state index contributed by atoms with van der Waals surface area (Å²) in [6.45, 7) is 5.94. The van der Waals surface area contributed by atoms with Gasteiger partial charge in [-0.05, 0) is 62.4 Å². The van der Waals surface area contributed by atoms with E-state index in [0.717, 1.165) is 18.4 Å². The van der Waals surface area contributed by atoms with Gasteiger partial charge < -0.3 is 15.3 Å². The molecule has 12 nitrogen and oxygen atoms in total. The molecule has 3 N–H and O–H groups in total. The fourth-order valence-corrected chi connectivity index (χ4v) is 7.64. The lowest BCUT2D eigenvalue weighted by molar-refractivity contribution is -0.122. The SMILES string of the molecule is CC.CN(C)c1cc(-c2ccc(Cl)c3c(NS(C)(=O)=O)nn(C)c23)c([C@H](Cc2cc(F)cc(F)c2)NC(=O)Cn2nc(C(F)F)c3c2C(F)(F)CC3)nc1C#CC(C)(C)O. The van der Waals surface area contributed by atoms with Crippen LogP contribution in [0.1, 0.15) is 80.5 Å². The smallest absolute Gasteiger partial charge is 0.290 e. The third-order valence-corrected chi connectivity index (χ3v) is 10.0. The first kappa shape index (κ1) is 45.8. The standard InChI is InChI=1S/C38H37ClF6N8O4S.C2H6/c1-37(2,55)11-10-26-28(51(3)4)17-24(22-7-8-25(39)30-33(22)52(5)49-36(30)50-58(6,56)57)31(47-26)27(15-19-13-20(40)16-21(41)14-19)46-29(54)18-53-34-23(9-12-38(34,44)45)32(48-53)35(42)43;1-2/h7-8,13-14,16-17,27,35,55H,9,12,15,18H2,1-6H3,(H,46,54)(H,49,50);1-2H3/t27-;/m0./s1. The van der Waals surface area contributed by atoms with E-state index < -0.39 is 75.9 Å². The Morgan fingerprint density at radius 3 is 2.30 bits per heavy atom. The number of aliphatic hydroxyl groups is 1. The van der Waals surface area contributed by atoms with Crippen molar-refractivity contribution in [3.63, 3.8) is 0 Å². The van der Waals surface area contributed by atoms with E-state index >= 15 is 8.78 Å². The molecule has 6 rings (SSSR count). The molecule has 60 heavy (non-hydrogen) atoms. The molecule has 0 fully saturated rings. The van der Waals surface area contributed by atoms with Crippen molar-refractivity contribution in [2.75, 3.05) is 30.0 Å². The summed E-state index contributed by atoms with van der Waals surface area (Å²) in [6.07, 6.45) is -3.75. The Morgan fingerprint density at radius 2 is 1.72 bits per heavy atom. The number of anilines is 2. The molecule has 0 radical (unpaired) electrons. The molecule has 0 saturated carbocycles. The number of nitrogens with one attached hydrogen (secondary N) is 2. The molecule has 3 heterocycles. The van der Waals surface area contributed by atoms with Crippen LogP contribution in [0.5, 0.6) is 0 Å². The van der Waals surface area contributed by atoms with Gasteiger partial charge in [0.15, 0.2) is 5.82 Å². The summed E-state index contributed by atoms with van der Waals surface area (Å²) in [4.78, 5) is 20.5. The molecule has 2 aromatic carbocycles. The molecule has 0 unspecified atom stereocenters. The maximum Gasteiger partial charge on any atom is 0.290 e. The van der Waals surface area contributed by atoms with Gasteiger partial charge in [0.1, 0.15) is 40.9 Å². The molecule has 20 heteroatoms. The van der Waals surface area contributed by atoms with Crippen LogP contribution in [0.4, 0.5) is 37.8 Å². The molecular formula is C40H43ClF6N8O4S. The zero-order chi connectivity index (χ0) is 44.6. The van der Waals surface area contributed by atoms with Crippen molar-refractivity contribution in [3.8, 4) is 23.0 Å². The Balaban J connectivity index is 0.00000336. The van der Waals surface area contributed by atoms with Gasteiger partial charge in [0.2, 0.25) is 15.9 Å². The largest absolute Gasteiger partial charge is 0.378 e. The van der Waals surface area contributed by atoms with Crippen LogP contribution in [0.3, 0.4) is 0 Å². The van der Waals surface area contributed by atoms with Crippen molar-refractivity contribution in [3.05, 3.63) is 87.0 Å². The number of sulfonamides is 1. The van der Waals surface area contributed by atoms with Crippen LogP contribution in [0.15, 0.2) is 36.4 Å². The Morgan fingerprint density at radius 1 is 1.07 bits per heavy atom. The second-order valence-corrected chi connectivity index (χ2v) is 16.8. The highest BCUT2D eigenvalue weighted by Gasteiger charge is 2.46. The molecule has 1 aliphatic rings. The second kappa shape index (κ2) is 17.3. The number of aromatic nitrogens is 5. The highest BCUT2D eigenvalue weighted by molar-refractivity contribution is 7.92. The second-order valence-electron chi connectivity index (χ2n) is 14.6. The number of fused-ring (bicyclic) bond motifs is 2. The van der Waals surface area contributed by atoms with Crippen molar-refractivity contribution < 1.29 is 44.7 Å². The zero-order valence-electron chi connectivity index (χ0n) is 33.9. The average Bonchev–Trinajstić information content (AvgIpc) is 3.77. The summed E-state index contributed by atoms with van der Waals surface area (Å²) in [5, 5.41) is 21.5. The molecule has 1 atom stereocenters. The van der Waals surface area contributed by atoms with Crippen LogP contribution in [-0.2, 0) is 47.2 Å². The predicted octanol–water partition coefficient (Wildman–Crippen LogP) is 7.43. The van der Waals surface area contributed by atoms with Gasteiger partial charge in [-0.2, -0.15) is 19.0 Å². The lowest BCUT2D eigenvalue weighted by atomic mass is 9.93. The number of halogens is 7. The average molecular weight is 881 g/mol. The molecule has 5 aromatic rings. The number of benzene rings is 2. The minimum Gasteiger partial charge on any atom is -0.378 e. The summed E-state index contributed by atoms with van der Waals surface area (Å²) in [5.41, 5.74) is -2.12. The molecule has 322 valence electrons. The molecule has 0 saturated heterocycles. The molecular weight excluding hydrogens is 838 g/mol. The van der Waals surface area contributed by atoms with Gasteiger partial charge in [-0.15, -0.1) is 0 Å². The van der Waals surface area contributed by atoms with E-state index in [0.29, 0.717) is 22.0 Å². The van der Waals surface area contributed by atoms with Crippen LogP contribution in [0.2, 0.25) is 5.02 Å². The molecule has 3 aromatic heterocycles. The normalized spacial score (nSPS) is 13.9. The van der Waals surface area contributed by atoms with Crippen molar-refractivity contribution in [2.45, 2.75) is 77.5 Å². The van der Waals surface area contributed by atoms with Gasteiger partial charge in [-0.25, -0.2) is 31.0 Å². The van der Waals surface area contributed by atoms with Crippen molar-refractivity contribution in [2.24, 2.45) is 7.05 Å². The van der Waals surface area contributed by atoms with E-state index in [2.05, 4.69) is 32.1 Å². The topological polar surface area (TPSA) is 147 Å². The number of amides is 1. The fourth-order valence-electron chi connectivity index (χ4n) is 6.91. The number of rotatable bonds is 11. The Labute approximate surface area is 348 Å². The maximum atomic E-state index is 15.0. The highest BCUT2D eigenvalue weighted by atomic mass is 35.5. The van der Waals surface area contributed by atoms with Gasteiger partial charge in [0, 0.05) is 50.3 Å². The van der Waals surface area contributed by atoms with Crippen LogP contribution >= 0.6 is 11.6 Å². The summed E-state index contributed by atoms with van der Waals surface area (Å²) in [6, 6.07) is 6.03. The van der Waals surface area contributed by atoms with Crippen molar-refractivity contribution >= 4 is 49.9 Å². The lowest BCUT2D eigenvalue weighted by Gasteiger charge is -2.25. The van der Waals surface area contributed by atoms with E-state index in [1.54, 1.807) is 31.1 Å². The lowest BCUT2D eigenvalue weighted by Crippen LogP contribution is -2.35. The number of nitrogens with zero attached hydrogens (tertiary/aromatic N) is 6. The molecule has 1 amide bonds. The number of carbonyl (C=O) groups excluding carboxylic acids is 1. The molecule has 0 bridgehead atoms. The number of alkyl halides is 4. The number of hydrogen-bond donors (Lipinski definition) is 3. The Bertz CT molecular complexity index is 2610. The van der Waals surface area contributed by atoms with E-state index in [-0.39, 0.29) is 62.7 Å².